The Bertz CT molecular complexity index is 1090. The minimum absolute atomic E-state index is 0.146. The number of allylic oxidation sites excluding steroid dienone is 8. The molecule has 0 fully saturated rings. The molecule has 0 saturated heterocycles. The van der Waals surface area contributed by atoms with Crippen molar-refractivity contribution >= 4 is 25.7 Å². The molecule has 0 aromatic carbocycles. The van der Waals surface area contributed by atoms with Gasteiger partial charge in [0.2, 0.25) is 0 Å². The van der Waals surface area contributed by atoms with Gasteiger partial charge in [0.15, 0.2) is 6.10 Å². The number of carbonyl (C=O) groups excluding carboxylic acids is 2. The minimum atomic E-state index is -4.72. The average Bonchev–Trinajstić information content (AvgIpc) is 3.13. The van der Waals surface area contributed by atoms with E-state index in [1.807, 2.05) is 12.2 Å². The lowest BCUT2D eigenvalue weighted by Gasteiger charge is -2.20. The van der Waals surface area contributed by atoms with Crippen LogP contribution in [0.3, 0.4) is 0 Å². The van der Waals surface area contributed by atoms with E-state index >= 15 is 0 Å². The van der Waals surface area contributed by atoms with E-state index in [1.165, 1.54) is 70.6 Å². The first-order valence-electron chi connectivity index (χ1n) is 20.2. The molecule has 12 heteroatoms. The second-order valence-corrected chi connectivity index (χ2v) is 14.9. The van der Waals surface area contributed by atoms with E-state index in [1.54, 1.807) is 0 Å². The van der Waals surface area contributed by atoms with Gasteiger partial charge in [-0.05, 0) is 51.4 Å². The number of unbranched alkanes of at least 4 members (excludes halogenated alkanes) is 15. The number of esters is 2. The number of phosphoric ester groups is 1. The Kier molecular flexibility index (Phi) is 34.7. The maximum atomic E-state index is 12.6. The maximum Gasteiger partial charge on any atom is 0.472 e. The van der Waals surface area contributed by atoms with Crippen molar-refractivity contribution in [3.05, 3.63) is 48.6 Å². The van der Waals surface area contributed by atoms with Crippen LogP contribution in [0.2, 0.25) is 0 Å². The van der Waals surface area contributed by atoms with Crippen molar-refractivity contribution in [2.24, 2.45) is 5.73 Å². The van der Waals surface area contributed by atoms with Gasteiger partial charge in [-0.15, -0.1) is 0 Å². The number of nitrogens with two attached hydrogens (primary N) is 1. The first kappa shape index (κ1) is 50.4. The van der Waals surface area contributed by atoms with Gasteiger partial charge in [0.1, 0.15) is 12.6 Å². The van der Waals surface area contributed by atoms with Crippen molar-refractivity contribution in [3.63, 3.8) is 0 Å². The standard InChI is InChI=1S/C41H72NO10P/c1-3-5-7-9-11-13-15-17-18-19-20-21-23-24-26-28-30-32-39(43)49-34-37(35-50-53(47,48)51-36-38(42)41(45)46)52-40(44)33-31-29-27-25-22-16-14-12-10-8-6-4-2/h11,13,17-18,20-21,24,26,37-38H,3-10,12,14-16,19,22-23,25,27-36,42H2,1-2H3,(H,45,46)(H,47,48)/b13-11-,18-17-,21-20-,26-24-/t37-,38+/m1/s1. The third kappa shape index (κ3) is 36.2. The van der Waals surface area contributed by atoms with Crippen molar-refractivity contribution in [3.8, 4) is 0 Å². The van der Waals surface area contributed by atoms with Crippen LogP contribution < -0.4 is 5.73 Å². The van der Waals surface area contributed by atoms with Crippen LogP contribution in [0, 0.1) is 0 Å². The molecule has 0 aromatic rings. The summed E-state index contributed by atoms with van der Waals surface area (Å²) >= 11 is 0. The molecule has 0 radical (unpaired) electrons. The summed E-state index contributed by atoms with van der Waals surface area (Å²) in [5.74, 6) is -2.45. The van der Waals surface area contributed by atoms with Crippen LogP contribution in [0.4, 0.5) is 0 Å². The summed E-state index contributed by atoms with van der Waals surface area (Å²) in [5, 5.41) is 8.86. The number of carboxylic acids is 1. The molecule has 306 valence electrons. The van der Waals surface area contributed by atoms with E-state index in [-0.39, 0.29) is 19.4 Å². The quantitative estimate of drug-likeness (QED) is 0.0238. The summed E-state index contributed by atoms with van der Waals surface area (Å²) in [6.45, 7) is 2.70. The van der Waals surface area contributed by atoms with E-state index in [0.717, 1.165) is 44.9 Å². The first-order chi connectivity index (χ1) is 25.6. The molecule has 3 atom stereocenters. The number of aliphatic carboxylic acids is 1. The average molecular weight is 770 g/mol. The Morgan fingerprint density at radius 3 is 1.55 bits per heavy atom. The molecule has 0 aliphatic carbocycles. The molecule has 0 aliphatic rings. The van der Waals surface area contributed by atoms with Gasteiger partial charge in [0.05, 0.1) is 13.2 Å². The van der Waals surface area contributed by atoms with Gasteiger partial charge in [0, 0.05) is 12.8 Å². The lowest BCUT2D eigenvalue weighted by atomic mass is 10.0. The van der Waals surface area contributed by atoms with E-state index in [9.17, 15) is 23.8 Å². The Labute approximate surface area is 320 Å². The van der Waals surface area contributed by atoms with Gasteiger partial charge in [-0.25, -0.2) is 4.57 Å². The highest BCUT2D eigenvalue weighted by atomic mass is 31.2. The molecule has 0 amide bonds. The molecule has 11 nitrogen and oxygen atoms in total. The van der Waals surface area contributed by atoms with Crippen molar-refractivity contribution in [1.82, 2.24) is 0 Å². The largest absolute Gasteiger partial charge is 0.480 e. The molecule has 1 unspecified atom stereocenters. The van der Waals surface area contributed by atoms with Crippen LogP contribution in [0.5, 0.6) is 0 Å². The van der Waals surface area contributed by atoms with Gasteiger partial charge in [-0.2, -0.15) is 0 Å². The molecule has 0 aliphatic heterocycles. The maximum absolute atomic E-state index is 12.6. The summed E-state index contributed by atoms with van der Waals surface area (Å²) in [6, 6.07) is -1.53. The lowest BCUT2D eigenvalue weighted by Crippen LogP contribution is -2.34. The Morgan fingerprint density at radius 2 is 1.02 bits per heavy atom. The van der Waals surface area contributed by atoms with E-state index in [4.69, 9.17) is 24.8 Å². The summed E-state index contributed by atoms with van der Waals surface area (Å²) in [6.07, 6.45) is 39.0. The van der Waals surface area contributed by atoms with Crippen LogP contribution in [-0.2, 0) is 37.5 Å². The summed E-state index contributed by atoms with van der Waals surface area (Å²) in [7, 11) is -4.72. The molecule has 0 spiro atoms. The number of ether oxygens (including phenoxy) is 2. The van der Waals surface area contributed by atoms with Gasteiger partial charge in [0.25, 0.3) is 0 Å². The number of hydrogen-bond acceptors (Lipinski definition) is 9. The molecule has 4 N–H and O–H groups in total. The van der Waals surface area contributed by atoms with Gasteiger partial charge in [-0.3, -0.25) is 23.4 Å². The molecule has 0 rings (SSSR count). The highest BCUT2D eigenvalue weighted by Crippen LogP contribution is 2.43. The molecular weight excluding hydrogens is 697 g/mol. The van der Waals surface area contributed by atoms with E-state index in [2.05, 4.69) is 54.8 Å². The van der Waals surface area contributed by atoms with Crippen LogP contribution in [0.1, 0.15) is 162 Å². The Hall–Kier alpha value is -2.56. The molecular formula is C41H72NO10P. The third-order valence-corrected chi connectivity index (χ3v) is 9.28. The minimum Gasteiger partial charge on any atom is -0.480 e. The third-order valence-electron chi connectivity index (χ3n) is 8.33. The van der Waals surface area contributed by atoms with Crippen molar-refractivity contribution in [1.29, 1.82) is 0 Å². The van der Waals surface area contributed by atoms with E-state index in [0.29, 0.717) is 19.3 Å². The van der Waals surface area contributed by atoms with Crippen molar-refractivity contribution in [2.45, 2.75) is 174 Å². The molecule has 0 aromatic heterocycles. The van der Waals surface area contributed by atoms with Gasteiger partial charge < -0.3 is 25.2 Å². The SMILES string of the molecule is CCCCC/C=C\C/C=C\C/C=C\C/C=C\CCCC(=O)OC[C@H](COP(=O)(O)OC[C@H](N)C(=O)O)OC(=O)CCCCCCCCCCCCCC. The zero-order valence-electron chi connectivity index (χ0n) is 32.8. The highest BCUT2D eigenvalue weighted by Gasteiger charge is 2.28. The second-order valence-electron chi connectivity index (χ2n) is 13.4. The number of carboxylic acid groups (broad SMARTS) is 1. The molecule has 0 heterocycles. The van der Waals surface area contributed by atoms with Crippen LogP contribution >= 0.6 is 7.82 Å². The highest BCUT2D eigenvalue weighted by molar-refractivity contribution is 7.47. The van der Waals surface area contributed by atoms with Crippen molar-refractivity contribution in [2.75, 3.05) is 19.8 Å². The fourth-order valence-corrected chi connectivity index (χ4v) is 5.89. The molecule has 0 bridgehead atoms. The van der Waals surface area contributed by atoms with Gasteiger partial charge in [-0.1, -0.05) is 146 Å². The number of carbonyl (C=O) groups is 3. The number of phosphoric acid groups is 1. The predicted molar refractivity (Wildman–Crippen MR) is 212 cm³/mol. The topological polar surface area (TPSA) is 172 Å². The van der Waals surface area contributed by atoms with E-state index < -0.39 is 51.1 Å². The van der Waals surface area contributed by atoms with Crippen LogP contribution in [-0.4, -0.2) is 59.9 Å². The fraction of sp³-hybridized carbons (Fsp3) is 0.732. The van der Waals surface area contributed by atoms with Crippen LogP contribution in [0.25, 0.3) is 0 Å². The monoisotopic (exact) mass is 769 g/mol. The fourth-order valence-electron chi connectivity index (χ4n) is 5.11. The number of hydrogen-bond donors (Lipinski definition) is 3. The molecule has 0 saturated carbocycles. The molecule has 53 heavy (non-hydrogen) atoms. The summed E-state index contributed by atoms with van der Waals surface area (Å²) in [5.41, 5.74) is 5.32. The lowest BCUT2D eigenvalue weighted by molar-refractivity contribution is -0.161. The first-order valence-corrected chi connectivity index (χ1v) is 21.7. The van der Waals surface area contributed by atoms with Gasteiger partial charge >= 0.3 is 25.7 Å². The van der Waals surface area contributed by atoms with Crippen LogP contribution in [0.15, 0.2) is 48.6 Å². The van der Waals surface area contributed by atoms with Crippen molar-refractivity contribution < 1.29 is 47.5 Å². The zero-order chi connectivity index (χ0) is 39.3. The summed E-state index contributed by atoms with van der Waals surface area (Å²) in [4.78, 5) is 45.8. The Morgan fingerprint density at radius 1 is 0.585 bits per heavy atom. The number of rotatable bonds is 37. The normalized spacial score (nSPS) is 14.3. The summed E-state index contributed by atoms with van der Waals surface area (Å²) < 4.78 is 32.5. The Balaban J connectivity index is 4.50. The predicted octanol–water partition coefficient (Wildman–Crippen LogP) is 10.2. The zero-order valence-corrected chi connectivity index (χ0v) is 33.7. The smallest absolute Gasteiger partial charge is 0.472 e. The second kappa shape index (κ2) is 36.4.